The third kappa shape index (κ3) is 2.70. The molecule has 2 saturated heterocycles. The Balaban J connectivity index is 1.54. The minimum atomic E-state index is -0.186. The van der Waals surface area contributed by atoms with Gasteiger partial charge in [-0.25, -0.2) is 9.97 Å². The Morgan fingerprint density at radius 2 is 1.74 bits per heavy atom. The molecule has 136 valence electrons. The van der Waals surface area contributed by atoms with Gasteiger partial charge < -0.3 is 10.2 Å². The number of rotatable bonds is 2. The Hall–Kier alpha value is -3.09. The topological polar surface area (TPSA) is 83.9 Å². The molecule has 3 aromatic rings. The number of amides is 1. The van der Waals surface area contributed by atoms with Crippen LogP contribution in [0, 0.1) is 5.41 Å². The van der Waals surface area contributed by atoms with Crippen LogP contribution in [0.5, 0.6) is 0 Å². The molecule has 0 aromatic carbocycles. The first-order valence-corrected chi connectivity index (χ1v) is 9.31. The van der Waals surface area contributed by atoms with Gasteiger partial charge in [-0.1, -0.05) is 0 Å². The van der Waals surface area contributed by atoms with Crippen LogP contribution in [0.1, 0.15) is 19.3 Å². The number of anilines is 1. The number of nitrogens with one attached hydrogen (secondary N) is 1. The first-order valence-electron chi connectivity index (χ1n) is 9.31. The highest BCUT2D eigenvalue weighted by atomic mass is 16.2. The van der Waals surface area contributed by atoms with E-state index in [1.165, 1.54) is 0 Å². The minimum Gasteiger partial charge on any atom is -0.356 e. The van der Waals surface area contributed by atoms with Crippen LogP contribution in [0.15, 0.2) is 43.0 Å². The van der Waals surface area contributed by atoms with Crippen LogP contribution in [-0.4, -0.2) is 45.5 Å². The number of carbonyl (C=O) groups excluding carboxylic acids is 1. The van der Waals surface area contributed by atoms with E-state index in [2.05, 4.69) is 20.2 Å². The number of carbonyl (C=O) groups is 1. The van der Waals surface area contributed by atoms with Gasteiger partial charge in [0.05, 0.1) is 17.1 Å². The van der Waals surface area contributed by atoms with Gasteiger partial charge in [0.15, 0.2) is 5.82 Å². The van der Waals surface area contributed by atoms with Crippen LogP contribution in [-0.2, 0) is 4.79 Å². The Bertz CT molecular complexity index is 998. The van der Waals surface area contributed by atoms with E-state index < -0.39 is 0 Å². The van der Waals surface area contributed by atoms with Crippen LogP contribution in [0.2, 0.25) is 0 Å². The first-order chi connectivity index (χ1) is 13.3. The van der Waals surface area contributed by atoms with Gasteiger partial charge in [0.1, 0.15) is 5.82 Å². The molecule has 7 nitrogen and oxygen atoms in total. The summed E-state index contributed by atoms with van der Waals surface area (Å²) in [5.41, 5.74) is 1.57. The number of piperidine rings is 1. The fourth-order valence-corrected chi connectivity index (χ4v) is 4.18. The van der Waals surface area contributed by atoms with Gasteiger partial charge in [0, 0.05) is 49.2 Å². The number of pyridine rings is 2. The van der Waals surface area contributed by atoms with Crippen molar-refractivity contribution in [1.82, 2.24) is 25.3 Å². The molecule has 5 heterocycles. The molecule has 1 N–H and O–H groups in total. The summed E-state index contributed by atoms with van der Waals surface area (Å²) in [6.45, 7) is 2.43. The number of fused-ring (bicyclic) bond motifs is 1. The fraction of sp³-hybridized carbons (Fsp3) is 0.350. The summed E-state index contributed by atoms with van der Waals surface area (Å²) in [7, 11) is 0. The van der Waals surface area contributed by atoms with Crippen LogP contribution in [0.4, 0.5) is 5.82 Å². The Morgan fingerprint density at radius 1 is 0.963 bits per heavy atom. The zero-order chi connectivity index (χ0) is 18.3. The van der Waals surface area contributed by atoms with Crippen molar-refractivity contribution in [3.63, 3.8) is 0 Å². The van der Waals surface area contributed by atoms with Gasteiger partial charge >= 0.3 is 0 Å². The molecule has 1 spiro atoms. The second-order valence-electron chi connectivity index (χ2n) is 7.27. The molecule has 1 amide bonds. The highest BCUT2D eigenvalue weighted by molar-refractivity contribution is 5.91. The second kappa shape index (κ2) is 6.26. The molecule has 0 unspecified atom stereocenters. The summed E-state index contributed by atoms with van der Waals surface area (Å²) in [5, 5.41) is 3.99. The molecule has 3 aromatic heterocycles. The van der Waals surface area contributed by atoms with E-state index in [-0.39, 0.29) is 11.3 Å². The van der Waals surface area contributed by atoms with E-state index in [9.17, 15) is 4.79 Å². The molecule has 0 aliphatic carbocycles. The quantitative estimate of drug-likeness (QED) is 0.754. The van der Waals surface area contributed by atoms with Crippen molar-refractivity contribution < 1.29 is 4.79 Å². The Morgan fingerprint density at radius 3 is 2.48 bits per heavy atom. The van der Waals surface area contributed by atoms with Gasteiger partial charge in [-0.3, -0.25) is 14.8 Å². The summed E-state index contributed by atoms with van der Waals surface area (Å²) in [6.07, 6.45) is 9.71. The smallest absolute Gasteiger partial charge is 0.226 e. The molecule has 2 aliphatic heterocycles. The largest absolute Gasteiger partial charge is 0.356 e. The van der Waals surface area contributed by atoms with Gasteiger partial charge in [-0.2, -0.15) is 0 Å². The summed E-state index contributed by atoms with van der Waals surface area (Å²) in [6, 6.07) is 5.79. The van der Waals surface area contributed by atoms with E-state index in [1.807, 2.05) is 18.2 Å². The van der Waals surface area contributed by atoms with Crippen molar-refractivity contribution in [2.45, 2.75) is 19.3 Å². The lowest BCUT2D eigenvalue weighted by atomic mass is 9.77. The normalized spacial score (nSPS) is 18.8. The van der Waals surface area contributed by atoms with Gasteiger partial charge in [-0.05, 0) is 37.5 Å². The molecule has 7 heteroatoms. The lowest BCUT2D eigenvalue weighted by molar-refractivity contribution is -0.128. The van der Waals surface area contributed by atoms with Crippen LogP contribution in [0.3, 0.4) is 0 Å². The van der Waals surface area contributed by atoms with E-state index in [0.717, 1.165) is 61.2 Å². The maximum Gasteiger partial charge on any atom is 0.226 e. The molecule has 27 heavy (non-hydrogen) atoms. The molecule has 5 rings (SSSR count). The maximum absolute atomic E-state index is 12.3. The van der Waals surface area contributed by atoms with Crippen molar-refractivity contribution in [3.05, 3.63) is 43.0 Å². The highest BCUT2D eigenvalue weighted by Gasteiger charge is 2.44. The molecule has 0 bridgehead atoms. The van der Waals surface area contributed by atoms with E-state index in [0.29, 0.717) is 5.82 Å². The number of hydrogen-bond donors (Lipinski definition) is 1. The molecule has 2 fully saturated rings. The van der Waals surface area contributed by atoms with E-state index in [1.54, 1.807) is 24.8 Å². The summed E-state index contributed by atoms with van der Waals surface area (Å²) in [5.74, 6) is 1.81. The van der Waals surface area contributed by atoms with Crippen molar-refractivity contribution in [3.8, 4) is 11.4 Å². The Kier molecular flexibility index (Phi) is 3.74. The van der Waals surface area contributed by atoms with Crippen molar-refractivity contribution in [2.75, 3.05) is 24.5 Å². The summed E-state index contributed by atoms with van der Waals surface area (Å²) < 4.78 is 0. The third-order valence-electron chi connectivity index (χ3n) is 5.81. The third-order valence-corrected chi connectivity index (χ3v) is 5.81. The predicted octanol–water partition coefficient (Wildman–Crippen LogP) is 2.19. The predicted molar refractivity (Wildman–Crippen MR) is 102 cm³/mol. The lowest BCUT2D eigenvalue weighted by Gasteiger charge is -2.38. The zero-order valence-electron chi connectivity index (χ0n) is 14.9. The maximum atomic E-state index is 12.3. The summed E-state index contributed by atoms with van der Waals surface area (Å²) in [4.78, 5) is 32.4. The number of hydrogen-bond acceptors (Lipinski definition) is 6. The zero-order valence-corrected chi connectivity index (χ0v) is 14.9. The van der Waals surface area contributed by atoms with Crippen LogP contribution >= 0.6 is 0 Å². The molecular weight excluding hydrogens is 340 g/mol. The monoisotopic (exact) mass is 360 g/mol. The molecule has 0 atom stereocenters. The Labute approximate surface area is 156 Å². The molecule has 0 radical (unpaired) electrons. The van der Waals surface area contributed by atoms with Crippen molar-refractivity contribution >= 4 is 22.6 Å². The van der Waals surface area contributed by atoms with Gasteiger partial charge in [0.25, 0.3) is 0 Å². The molecule has 0 saturated carbocycles. The van der Waals surface area contributed by atoms with E-state index >= 15 is 0 Å². The number of nitrogens with zero attached hydrogens (tertiary/aromatic N) is 5. The van der Waals surface area contributed by atoms with Crippen LogP contribution in [0.25, 0.3) is 22.3 Å². The molecule has 2 aliphatic rings. The van der Waals surface area contributed by atoms with Crippen molar-refractivity contribution in [2.24, 2.45) is 5.41 Å². The van der Waals surface area contributed by atoms with Crippen LogP contribution < -0.4 is 10.2 Å². The standard InChI is InChI=1S/C20H20N6O/c27-19-20(4-10-23-19)5-11-26(12-6-20)18-15-3-9-22-13-16(15)24-17(25-18)14-1-7-21-8-2-14/h1-3,7-9,13H,4-6,10-12H2,(H,23,27). The van der Waals surface area contributed by atoms with Crippen molar-refractivity contribution in [1.29, 1.82) is 0 Å². The van der Waals surface area contributed by atoms with Gasteiger partial charge in [-0.15, -0.1) is 0 Å². The van der Waals surface area contributed by atoms with E-state index in [4.69, 9.17) is 9.97 Å². The summed E-state index contributed by atoms with van der Waals surface area (Å²) >= 11 is 0. The average Bonchev–Trinajstić information content (AvgIpc) is 3.08. The fourth-order valence-electron chi connectivity index (χ4n) is 4.18. The first kappa shape index (κ1) is 16.1. The average molecular weight is 360 g/mol. The minimum absolute atomic E-state index is 0.186. The number of aromatic nitrogens is 4. The van der Waals surface area contributed by atoms with Gasteiger partial charge in [0.2, 0.25) is 5.91 Å². The second-order valence-corrected chi connectivity index (χ2v) is 7.27. The SMILES string of the molecule is O=C1NCCC12CCN(c1nc(-c3ccncc3)nc3cnccc13)CC2. The lowest BCUT2D eigenvalue weighted by Crippen LogP contribution is -2.44. The molecular formula is C20H20N6O. The highest BCUT2D eigenvalue weighted by Crippen LogP contribution is 2.40.